The Balaban J connectivity index is 2.02. The summed E-state index contributed by atoms with van der Waals surface area (Å²) in [5.74, 6) is 0.504. The number of ether oxygens (including phenoxy) is 1. The summed E-state index contributed by atoms with van der Waals surface area (Å²) < 4.78 is 42.6. The van der Waals surface area contributed by atoms with Crippen molar-refractivity contribution in [3.63, 3.8) is 0 Å². The zero-order valence-corrected chi connectivity index (χ0v) is 10.3. The van der Waals surface area contributed by atoms with Crippen molar-refractivity contribution in [3.05, 3.63) is 65.2 Å². The first-order valence-corrected chi connectivity index (χ1v) is 5.78. The van der Waals surface area contributed by atoms with E-state index in [9.17, 15) is 13.2 Å². The number of alkyl halides is 3. The van der Waals surface area contributed by atoms with E-state index < -0.39 is 11.7 Å². The van der Waals surface area contributed by atoms with Crippen LogP contribution in [0.1, 0.15) is 16.7 Å². The monoisotopic (exact) mass is 277 g/mol. The molecular formula is C15H10F3NO. The Labute approximate surface area is 114 Å². The molecule has 102 valence electrons. The number of hydrogen-bond donors (Lipinski definition) is 0. The van der Waals surface area contributed by atoms with Crippen LogP contribution >= 0.6 is 0 Å². The van der Waals surface area contributed by atoms with E-state index in [2.05, 4.69) is 0 Å². The molecule has 2 nitrogen and oxygen atoms in total. The third-order valence-electron chi connectivity index (χ3n) is 2.65. The molecule has 2 aromatic carbocycles. The minimum Gasteiger partial charge on any atom is -0.489 e. The van der Waals surface area contributed by atoms with Crippen LogP contribution < -0.4 is 4.74 Å². The van der Waals surface area contributed by atoms with Crippen molar-refractivity contribution >= 4 is 0 Å². The summed E-state index contributed by atoms with van der Waals surface area (Å²) in [6.45, 7) is 0.146. The average molecular weight is 277 g/mol. The van der Waals surface area contributed by atoms with Crippen LogP contribution in [0.2, 0.25) is 0 Å². The van der Waals surface area contributed by atoms with Gasteiger partial charge in [0.1, 0.15) is 12.4 Å². The number of nitriles is 1. The van der Waals surface area contributed by atoms with Crippen LogP contribution in [0.5, 0.6) is 5.75 Å². The third kappa shape index (κ3) is 3.51. The molecule has 0 atom stereocenters. The molecule has 0 fully saturated rings. The van der Waals surface area contributed by atoms with Gasteiger partial charge in [0.2, 0.25) is 0 Å². The van der Waals surface area contributed by atoms with Gasteiger partial charge in [-0.15, -0.1) is 0 Å². The molecule has 0 aliphatic rings. The average Bonchev–Trinajstić information content (AvgIpc) is 2.45. The second-order valence-electron chi connectivity index (χ2n) is 4.12. The lowest BCUT2D eigenvalue weighted by Crippen LogP contribution is -2.05. The van der Waals surface area contributed by atoms with E-state index in [1.165, 1.54) is 12.1 Å². The molecule has 0 radical (unpaired) electrons. The van der Waals surface area contributed by atoms with Gasteiger partial charge in [0.25, 0.3) is 0 Å². The molecule has 0 N–H and O–H groups in total. The van der Waals surface area contributed by atoms with Crippen LogP contribution in [0.25, 0.3) is 0 Å². The van der Waals surface area contributed by atoms with Crippen LogP contribution in [0.4, 0.5) is 13.2 Å². The van der Waals surface area contributed by atoms with E-state index in [-0.39, 0.29) is 6.61 Å². The molecule has 0 saturated heterocycles. The van der Waals surface area contributed by atoms with Crippen molar-refractivity contribution in [2.45, 2.75) is 12.8 Å². The highest BCUT2D eigenvalue weighted by molar-refractivity contribution is 5.36. The lowest BCUT2D eigenvalue weighted by atomic mass is 10.1. The molecule has 5 heteroatoms. The maximum absolute atomic E-state index is 12.4. The smallest absolute Gasteiger partial charge is 0.416 e. The van der Waals surface area contributed by atoms with E-state index in [1.807, 2.05) is 6.07 Å². The Hall–Kier alpha value is -2.48. The number of rotatable bonds is 3. The second kappa shape index (κ2) is 5.66. The lowest BCUT2D eigenvalue weighted by molar-refractivity contribution is -0.137. The van der Waals surface area contributed by atoms with Gasteiger partial charge in [-0.05, 0) is 35.9 Å². The first-order chi connectivity index (χ1) is 9.49. The van der Waals surface area contributed by atoms with Gasteiger partial charge in [-0.25, -0.2) is 0 Å². The van der Waals surface area contributed by atoms with Crippen molar-refractivity contribution in [2.24, 2.45) is 0 Å². The molecule has 0 saturated carbocycles. The fourth-order valence-electron chi connectivity index (χ4n) is 1.61. The van der Waals surface area contributed by atoms with E-state index >= 15 is 0 Å². The molecule has 0 bridgehead atoms. The van der Waals surface area contributed by atoms with Gasteiger partial charge < -0.3 is 4.74 Å². The number of benzene rings is 2. The summed E-state index contributed by atoms with van der Waals surface area (Å²) in [6, 6.07) is 13.3. The molecular weight excluding hydrogens is 267 g/mol. The largest absolute Gasteiger partial charge is 0.489 e. The summed E-state index contributed by atoms with van der Waals surface area (Å²) in [5, 5.41) is 8.74. The molecule has 2 rings (SSSR count). The van der Waals surface area contributed by atoms with Gasteiger partial charge in [0, 0.05) is 0 Å². The second-order valence-corrected chi connectivity index (χ2v) is 4.12. The maximum Gasteiger partial charge on any atom is 0.416 e. The van der Waals surface area contributed by atoms with Crippen molar-refractivity contribution < 1.29 is 17.9 Å². The summed E-state index contributed by atoms with van der Waals surface area (Å²) in [7, 11) is 0. The molecule has 0 spiro atoms. The highest BCUT2D eigenvalue weighted by atomic mass is 19.4. The van der Waals surface area contributed by atoms with Crippen LogP contribution in [-0.2, 0) is 12.8 Å². The highest BCUT2D eigenvalue weighted by Gasteiger charge is 2.29. The van der Waals surface area contributed by atoms with Gasteiger partial charge in [-0.2, -0.15) is 18.4 Å². The fraction of sp³-hybridized carbons (Fsp3) is 0.133. The Bertz CT molecular complexity index is 627. The Morgan fingerprint density at radius 3 is 2.35 bits per heavy atom. The Kier molecular flexibility index (Phi) is 3.94. The number of hydrogen-bond acceptors (Lipinski definition) is 2. The zero-order valence-electron chi connectivity index (χ0n) is 10.3. The number of nitrogens with zero attached hydrogens (tertiary/aromatic N) is 1. The molecule has 2 aromatic rings. The molecule has 0 unspecified atom stereocenters. The van der Waals surface area contributed by atoms with E-state index in [4.69, 9.17) is 10.00 Å². The predicted molar refractivity (Wildman–Crippen MR) is 66.9 cm³/mol. The van der Waals surface area contributed by atoms with Crippen molar-refractivity contribution in [2.75, 3.05) is 0 Å². The summed E-state index contributed by atoms with van der Waals surface area (Å²) in [5.41, 5.74) is 0.406. The fourth-order valence-corrected chi connectivity index (χ4v) is 1.61. The van der Waals surface area contributed by atoms with Crippen LogP contribution in [0.3, 0.4) is 0 Å². The molecule has 0 aliphatic heterocycles. The SMILES string of the molecule is N#Cc1cccc(OCc2ccc(C(F)(F)F)cc2)c1. The first kappa shape index (κ1) is 13.9. The first-order valence-electron chi connectivity index (χ1n) is 5.78. The molecule has 0 heterocycles. The lowest BCUT2D eigenvalue weighted by Gasteiger charge is -2.09. The summed E-state index contributed by atoms with van der Waals surface area (Å²) >= 11 is 0. The highest BCUT2D eigenvalue weighted by Crippen LogP contribution is 2.29. The van der Waals surface area contributed by atoms with Crippen LogP contribution in [0.15, 0.2) is 48.5 Å². The summed E-state index contributed by atoms with van der Waals surface area (Å²) in [4.78, 5) is 0. The van der Waals surface area contributed by atoms with E-state index in [1.54, 1.807) is 24.3 Å². The minimum absolute atomic E-state index is 0.146. The van der Waals surface area contributed by atoms with Crippen LogP contribution in [-0.4, -0.2) is 0 Å². The van der Waals surface area contributed by atoms with Gasteiger partial charge in [-0.3, -0.25) is 0 Å². The van der Waals surface area contributed by atoms with Gasteiger partial charge in [0.05, 0.1) is 17.2 Å². The standard InChI is InChI=1S/C15H10F3NO/c16-15(17,18)13-6-4-11(5-7-13)10-20-14-3-1-2-12(8-14)9-19/h1-8H,10H2. The minimum atomic E-state index is -4.33. The summed E-state index contributed by atoms with van der Waals surface area (Å²) in [6.07, 6.45) is -4.33. The molecule has 0 amide bonds. The molecule has 0 aliphatic carbocycles. The zero-order chi connectivity index (χ0) is 14.6. The maximum atomic E-state index is 12.4. The van der Waals surface area contributed by atoms with Crippen molar-refractivity contribution in [1.29, 1.82) is 5.26 Å². The van der Waals surface area contributed by atoms with Gasteiger partial charge >= 0.3 is 6.18 Å². The Morgan fingerprint density at radius 2 is 1.75 bits per heavy atom. The topological polar surface area (TPSA) is 33.0 Å². The molecule has 20 heavy (non-hydrogen) atoms. The van der Waals surface area contributed by atoms with Gasteiger partial charge in [0.15, 0.2) is 0 Å². The van der Waals surface area contributed by atoms with Crippen molar-refractivity contribution in [1.82, 2.24) is 0 Å². The Morgan fingerprint density at radius 1 is 1.05 bits per heavy atom. The van der Waals surface area contributed by atoms with E-state index in [0.29, 0.717) is 16.9 Å². The predicted octanol–water partition coefficient (Wildman–Crippen LogP) is 4.16. The normalized spacial score (nSPS) is 10.9. The van der Waals surface area contributed by atoms with Crippen molar-refractivity contribution in [3.8, 4) is 11.8 Å². The molecule has 0 aromatic heterocycles. The van der Waals surface area contributed by atoms with Crippen LogP contribution in [0, 0.1) is 11.3 Å². The number of halogens is 3. The van der Waals surface area contributed by atoms with E-state index in [0.717, 1.165) is 12.1 Å². The quantitative estimate of drug-likeness (QED) is 0.844. The van der Waals surface area contributed by atoms with Gasteiger partial charge in [-0.1, -0.05) is 18.2 Å². The third-order valence-corrected chi connectivity index (χ3v) is 2.65.